The van der Waals surface area contributed by atoms with Crippen molar-refractivity contribution in [3.8, 4) is 0 Å². The summed E-state index contributed by atoms with van der Waals surface area (Å²) >= 11 is 0. The first-order valence-electron chi connectivity index (χ1n) is 10.2. The third-order valence-electron chi connectivity index (χ3n) is 5.44. The molecule has 150 valence electrons. The van der Waals surface area contributed by atoms with E-state index in [0.29, 0.717) is 12.1 Å². The van der Waals surface area contributed by atoms with Gasteiger partial charge in [0.15, 0.2) is 0 Å². The zero-order chi connectivity index (χ0) is 20.2. The van der Waals surface area contributed by atoms with Crippen molar-refractivity contribution in [2.45, 2.75) is 25.8 Å². The van der Waals surface area contributed by atoms with Crippen LogP contribution in [0.3, 0.4) is 0 Å². The highest BCUT2D eigenvalue weighted by atomic mass is 16.1. The van der Waals surface area contributed by atoms with Crippen molar-refractivity contribution in [2.24, 2.45) is 0 Å². The van der Waals surface area contributed by atoms with E-state index in [1.54, 1.807) is 6.33 Å². The van der Waals surface area contributed by atoms with Crippen LogP contribution in [0.5, 0.6) is 0 Å². The highest BCUT2D eigenvalue weighted by molar-refractivity contribution is 6.00. The first-order valence-corrected chi connectivity index (χ1v) is 10.2. The predicted octanol–water partition coefficient (Wildman–Crippen LogP) is 3.62. The molecule has 29 heavy (non-hydrogen) atoms. The second-order valence-electron chi connectivity index (χ2n) is 7.72. The monoisotopic (exact) mass is 389 g/mol. The van der Waals surface area contributed by atoms with E-state index >= 15 is 0 Å². The SMILES string of the molecule is CN(C)c1ccc(CNC(=O)c2ccc3ncnc(N4CCCCC4)c3c2)cc1. The van der Waals surface area contributed by atoms with Crippen LogP contribution in [0, 0.1) is 0 Å². The van der Waals surface area contributed by atoms with Gasteiger partial charge in [0.1, 0.15) is 12.1 Å². The standard InChI is InChI=1S/C23H27N5O/c1-27(2)19-9-6-17(7-10-19)15-24-23(29)18-8-11-21-20(14-18)22(26-16-25-21)28-12-4-3-5-13-28/h6-11,14,16H,3-5,12-13,15H2,1-2H3,(H,24,29). The summed E-state index contributed by atoms with van der Waals surface area (Å²) in [5.74, 6) is 0.848. The van der Waals surface area contributed by atoms with Gasteiger partial charge in [-0.1, -0.05) is 12.1 Å². The molecule has 1 fully saturated rings. The predicted molar refractivity (Wildman–Crippen MR) is 118 cm³/mol. The molecule has 1 N–H and O–H groups in total. The van der Waals surface area contributed by atoms with Crippen molar-refractivity contribution in [3.63, 3.8) is 0 Å². The molecule has 6 heteroatoms. The van der Waals surface area contributed by atoms with Crippen molar-refractivity contribution < 1.29 is 4.79 Å². The van der Waals surface area contributed by atoms with Crippen molar-refractivity contribution in [1.82, 2.24) is 15.3 Å². The normalized spacial score (nSPS) is 14.1. The smallest absolute Gasteiger partial charge is 0.251 e. The number of aromatic nitrogens is 2. The van der Waals surface area contributed by atoms with Gasteiger partial charge in [0, 0.05) is 50.4 Å². The van der Waals surface area contributed by atoms with Gasteiger partial charge in [0.25, 0.3) is 5.91 Å². The molecule has 3 aromatic rings. The van der Waals surface area contributed by atoms with Gasteiger partial charge in [-0.25, -0.2) is 9.97 Å². The van der Waals surface area contributed by atoms with Gasteiger partial charge in [-0.2, -0.15) is 0 Å². The van der Waals surface area contributed by atoms with Crippen LogP contribution in [0.4, 0.5) is 11.5 Å². The Morgan fingerprint density at radius 2 is 1.79 bits per heavy atom. The van der Waals surface area contributed by atoms with Crippen LogP contribution in [-0.2, 0) is 6.54 Å². The number of nitrogens with zero attached hydrogens (tertiary/aromatic N) is 4. The van der Waals surface area contributed by atoms with E-state index in [1.165, 1.54) is 19.3 Å². The lowest BCUT2D eigenvalue weighted by molar-refractivity contribution is 0.0951. The lowest BCUT2D eigenvalue weighted by Crippen LogP contribution is -2.30. The molecule has 0 saturated carbocycles. The van der Waals surface area contributed by atoms with E-state index in [4.69, 9.17) is 0 Å². The number of anilines is 2. The van der Waals surface area contributed by atoms with Crippen LogP contribution < -0.4 is 15.1 Å². The number of carbonyl (C=O) groups is 1. The average Bonchev–Trinajstić information content (AvgIpc) is 2.77. The maximum absolute atomic E-state index is 12.8. The third kappa shape index (κ3) is 4.31. The van der Waals surface area contributed by atoms with E-state index in [1.807, 2.05) is 44.4 Å². The summed E-state index contributed by atoms with van der Waals surface area (Å²) in [5.41, 5.74) is 3.72. The second kappa shape index (κ2) is 8.47. The Balaban J connectivity index is 1.51. The molecule has 0 atom stereocenters. The van der Waals surface area contributed by atoms with Crippen molar-refractivity contribution >= 4 is 28.3 Å². The van der Waals surface area contributed by atoms with Crippen LogP contribution in [0.2, 0.25) is 0 Å². The lowest BCUT2D eigenvalue weighted by Gasteiger charge is -2.28. The first-order chi connectivity index (χ1) is 14.1. The van der Waals surface area contributed by atoms with Crippen molar-refractivity contribution in [2.75, 3.05) is 37.0 Å². The summed E-state index contributed by atoms with van der Waals surface area (Å²) in [4.78, 5) is 26.0. The van der Waals surface area contributed by atoms with E-state index in [0.717, 1.165) is 41.1 Å². The minimum atomic E-state index is -0.0861. The number of amides is 1. The summed E-state index contributed by atoms with van der Waals surface area (Å²) < 4.78 is 0. The second-order valence-corrected chi connectivity index (χ2v) is 7.72. The molecule has 0 aliphatic carbocycles. The van der Waals surface area contributed by atoms with Gasteiger partial charge < -0.3 is 15.1 Å². The van der Waals surface area contributed by atoms with Crippen molar-refractivity contribution in [3.05, 3.63) is 59.9 Å². The van der Waals surface area contributed by atoms with E-state index in [2.05, 4.69) is 37.2 Å². The number of fused-ring (bicyclic) bond motifs is 1. The molecule has 4 rings (SSSR count). The van der Waals surface area contributed by atoms with Gasteiger partial charge in [-0.15, -0.1) is 0 Å². The fourth-order valence-electron chi connectivity index (χ4n) is 3.74. The number of rotatable bonds is 5. The molecule has 1 aliphatic rings. The Morgan fingerprint density at radius 3 is 2.52 bits per heavy atom. The highest BCUT2D eigenvalue weighted by Crippen LogP contribution is 2.26. The van der Waals surface area contributed by atoms with Gasteiger partial charge >= 0.3 is 0 Å². The summed E-state index contributed by atoms with van der Waals surface area (Å²) in [7, 11) is 4.02. The number of piperidine rings is 1. The van der Waals surface area contributed by atoms with Crippen LogP contribution in [0.15, 0.2) is 48.8 Å². The van der Waals surface area contributed by atoms with E-state index in [-0.39, 0.29) is 5.91 Å². The Bertz CT molecular complexity index is 994. The topological polar surface area (TPSA) is 61.4 Å². The minimum absolute atomic E-state index is 0.0861. The Morgan fingerprint density at radius 1 is 1.03 bits per heavy atom. The maximum Gasteiger partial charge on any atom is 0.251 e. The van der Waals surface area contributed by atoms with Gasteiger partial charge in [-0.05, 0) is 55.2 Å². The molecule has 1 aromatic heterocycles. The first kappa shape index (κ1) is 19.2. The molecule has 1 saturated heterocycles. The Hall–Kier alpha value is -3.15. The fourth-order valence-corrected chi connectivity index (χ4v) is 3.74. The lowest BCUT2D eigenvalue weighted by atomic mass is 10.1. The molecule has 0 bridgehead atoms. The molecule has 1 aliphatic heterocycles. The largest absolute Gasteiger partial charge is 0.378 e. The summed E-state index contributed by atoms with van der Waals surface area (Å²) in [6.07, 6.45) is 5.24. The van der Waals surface area contributed by atoms with Gasteiger partial charge in [0.05, 0.1) is 5.52 Å². The molecular formula is C23H27N5O. The van der Waals surface area contributed by atoms with Crippen LogP contribution in [0.25, 0.3) is 10.9 Å². The fraction of sp³-hybridized carbons (Fsp3) is 0.348. The molecule has 0 spiro atoms. The zero-order valence-electron chi connectivity index (χ0n) is 17.1. The summed E-state index contributed by atoms with van der Waals surface area (Å²) in [5, 5.41) is 3.96. The zero-order valence-corrected chi connectivity index (χ0v) is 17.1. The van der Waals surface area contributed by atoms with Crippen LogP contribution >= 0.6 is 0 Å². The highest BCUT2D eigenvalue weighted by Gasteiger charge is 2.16. The maximum atomic E-state index is 12.8. The molecule has 0 unspecified atom stereocenters. The number of hydrogen-bond donors (Lipinski definition) is 1. The van der Waals surface area contributed by atoms with Gasteiger partial charge in [0.2, 0.25) is 0 Å². The van der Waals surface area contributed by atoms with Crippen LogP contribution in [-0.4, -0.2) is 43.1 Å². The Labute approximate surface area is 171 Å². The molecule has 0 radical (unpaired) electrons. The minimum Gasteiger partial charge on any atom is -0.378 e. The molecule has 2 aromatic carbocycles. The number of hydrogen-bond acceptors (Lipinski definition) is 5. The number of carbonyl (C=O) groups excluding carboxylic acids is 1. The summed E-state index contributed by atoms with van der Waals surface area (Å²) in [6, 6.07) is 13.9. The molecule has 6 nitrogen and oxygen atoms in total. The van der Waals surface area contributed by atoms with Crippen LogP contribution in [0.1, 0.15) is 35.2 Å². The third-order valence-corrected chi connectivity index (χ3v) is 5.44. The number of nitrogens with one attached hydrogen (secondary N) is 1. The van der Waals surface area contributed by atoms with Gasteiger partial charge in [-0.3, -0.25) is 4.79 Å². The molecule has 1 amide bonds. The Kier molecular flexibility index (Phi) is 5.60. The summed E-state index contributed by atoms with van der Waals surface area (Å²) in [6.45, 7) is 2.51. The van der Waals surface area contributed by atoms with E-state index in [9.17, 15) is 4.79 Å². The number of benzene rings is 2. The van der Waals surface area contributed by atoms with E-state index < -0.39 is 0 Å². The quantitative estimate of drug-likeness (QED) is 0.722. The molecular weight excluding hydrogens is 362 g/mol. The molecule has 2 heterocycles. The van der Waals surface area contributed by atoms with Crippen molar-refractivity contribution in [1.29, 1.82) is 0 Å². The average molecular weight is 390 g/mol.